The number of ether oxygens (including phenoxy) is 1. The summed E-state index contributed by atoms with van der Waals surface area (Å²) in [5.74, 6) is 2.32. The third-order valence-corrected chi connectivity index (χ3v) is 6.18. The lowest BCUT2D eigenvalue weighted by Crippen LogP contribution is -2.31. The van der Waals surface area contributed by atoms with Gasteiger partial charge in [-0.15, -0.1) is 11.3 Å². The van der Waals surface area contributed by atoms with Gasteiger partial charge in [0.2, 0.25) is 0 Å². The Morgan fingerprint density at radius 3 is 3.10 bits per heavy atom. The van der Waals surface area contributed by atoms with Gasteiger partial charge in [-0.1, -0.05) is 12.1 Å². The second kappa shape index (κ2) is 7.93. The van der Waals surface area contributed by atoms with Crippen LogP contribution in [0.2, 0.25) is 0 Å². The lowest BCUT2D eigenvalue weighted by atomic mass is 9.96. The summed E-state index contributed by atoms with van der Waals surface area (Å²) in [5.41, 5.74) is 3.84. The number of thiazole rings is 1. The van der Waals surface area contributed by atoms with Crippen LogP contribution in [0.25, 0.3) is 27.6 Å². The molecule has 1 saturated heterocycles. The van der Waals surface area contributed by atoms with Crippen LogP contribution < -0.4 is 10.1 Å². The standard InChI is InChI=1S/C22H23N5OS/c1-28-17-6-2-5-16(13-17)20-21(27-10-11-29-22(27)26-20)18-7-9-24-19(25-18)12-15-4-3-8-23-14-15/h2,5-7,9-11,13,15,23H,3-4,8,12,14H2,1H3/t15-/m1/s1. The fourth-order valence-corrected chi connectivity index (χ4v) is 4.70. The van der Waals surface area contributed by atoms with E-state index >= 15 is 0 Å². The molecule has 0 bridgehead atoms. The van der Waals surface area contributed by atoms with Crippen LogP contribution in [-0.2, 0) is 6.42 Å². The zero-order chi connectivity index (χ0) is 19.6. The Morgan fingerprint density at radius 2 is 2.24 bits per heavy atom. The summed E-state index contributed by atoms with van der Waals surface area (Å²) in [6, 6.07) is 10.0. The van der Waals surface area contributed by atoms with Crippen molar-refractivity contribution < 1.29 is 4.74 Å². The number of hydrogen-bond donors (Lipinski definition) is 1. The first kappa shape index (κ1) is 18.3. The summed E-state index contributed by atoms with van der Waals surface area (Å²) in [5, 5.41) is 5.53. The first-order valence-corrected chi connectivity index (χ1v) is 10.8. The van der Waals surface area contributed by atoms with Gasteiger partial charge >= 0.3 is 0 Å². The highest BCUT2D eigenvalue weighted by molar-refractivity contribution is 7.15. The van der Waals surface area contributed by atoms with Gasteiger partial charge in [-0.2, -0.15) is 0 Å². The van der Waals surface area contributed by atoms with Gasteiger partial charge in [-0.25, -0.2) is 15.0 Å². The molecular weight excluding hydrogens is 382 g/mol. The number of nitrogens with one attached hydrogen (secondary N) is 1. The summed E-state index contributed by atoms with van der Waals surface area (Å²) in [4.78, 5) is 15.3. The van der Waals surface area contributed by atoms with E-state index in [0.29, 0.717) is 5.92 Å². The van der Waals surface area contributed by atoms with Crippen LogP contribution in [0.5, 0.6) is 5.75 Å². The molecule has 148 valence electrons. The predicted octanol–water partition coefficient (Wildman–Crippen LogP) is 4.07. The molecule has 1 N–H and O–H groups in total. The van der Waals surface area contributed by atoms with Crippen molar-refractivity contribution in [1.29, 1.82) is 0 Å². The molecule has 3 aromatic heterocycles. The molecule has 4 heterocycles. The van der Waals surface area contributed by atoms with Crippen LogP contribution in [0.15, 0.2) is 48.1 Å². The highest BCUT2D eigenvalue weighted by Gasteiger charge is 2.20. The minimum absolute atomic E-state index is 0.600. The van der Waals surface area contributed by atoms with Crippen LogP contribution in [0.4, 0.5) is 0 Å². The Balaban J connectivity index is 1.57. The number of rotatable bonds is 5. The smallest absolute Gasteiger partial charge is 0.194 e. The second-order valence-corrected chi connectivity index (χ2v) is 8.24. The zero-order valence-electron chi connectivity index (χ0n) is 16.3. The Kier molecular flexibility index (Phi) is 4.99. The van der Waals surface area contributed by atoms with Crippen LogP contribution in [0, 0.1) is 5.92 Å². The summed E-state index contributed by atoms with van der Waals surface area (Å²) < 4.78 is 7.54. The summed E-state index contributed by atoms with van der Waals surface area (Å²) >= 11 is 1.62. The van der Waals surface area contributed by atoms with Crippen LogP contribution >= 0.6 is 11.3 Å². The molecule has 1 aliphatic rings. The molecular formula is C22H23N5OS. The fourth-order valence-electron chi connectivity index (χ4n) is 3.99. The first-order valence-electron chi connectivity index (χ1n) is 9.95. The molecule has 1 aromatic carbocycles. The second-order valence-electron chi connectivity index (χ2n) is 7.37. The largest absolute Gasteiger partial charge is 0.497 e. The minimum Gasteiger partial charge on any atom is -0.497 e. The molecule has 4 aromatic rings. The van der Waals surface area contributed by atoms with E-state index in [1.54, 1.807) is 18.4 Å². The van der Waals surface area contributed by atoms with Gasteiger partial charge in [0.25, 0.3) is 0 Å². The summed E-state index contributed by atoms with van der Waals surface area (Å²) in [6.07, 6.45) is 7.29. The van der Waals surface area contributed by atoms with E-state index in [2.05, 4.69) is 32.3 Å². The topological polar surface area (TPSA) is 64.3 Å². The van der Waals surface area contributed by atoms with Crippen molar-refractivity contribution in [2.24, 2.45) is 5.92 Å². The molecule has 0 spiro atoms. The SMILES string of the molecule is COc1cccc(-c2nc3sccn3c2-c2ccnc(C[C@H]3CCCNC3)n2)c1. The molecule has 1 fully saturated rings. The maximum absolute atomic E-state index is 5.42. The van der Waals surface area contributed by atoms with E-state index in [9.17, 15) is 0 Å². The Hall–Kier alpha value is -2.77. The molecule has 0 amide bonds. The van der Waals surface area contributed by atoms with Crippen LogP contribution in [0.1, 0.15) is 18.7 Å². The van der Waals surface area contributed by atoms with E-state index in [1.807, 2.05) is 30.5 Å². The van der Waals surface area contributed by atoms with Gasteiger partial charge in [-0.05, 0) is 50.0 Å². The quantitative estimate of drug-likeness (QED) is 0.542. The lowest BCUT2D eigenvalue weighted by molar-refractivity contribution is 0.371. The molecule has 29 heavy (non-hydrogen) atoms. The molecule has 1 atom stereocenters. The van der Waals surface area contributed by atoms with Crippen LogP contribution in [-0.4, -0.2) is 39.6 Å². The first-order chi connectivity index (χ1) is 14.3. The molecule has 0 aliphatic carbocycles. The maximum atomic E-state index is 5.42. The normalized spacial score (nSPS) is 16.9. The number of imidazole rings is 1. The monoisotopic (exact) mass is 405 g/mol. The molecule has 6 nitrogen and oxygen atoms in total. The van der Waals surface area contributed by atoms with Gasteiger partial charge in [0.15, 0.2) is 4.96 Å². The molecule has 1 aliphatic heterocycles. The van der Waals surface area contributed by atoms with Crippen molar-refractivity contribution >= 4 is 16.3 Å². The van der Waals surface area contributed by atoms with Crippen molar-refractivity contribution in [3.63, 3.8) is 0 Å². The third kappa shape index (κ3) is 3.63. The average Bonchev–Trinajstić information content (AvgIpc) is 3.36. The van der Waals surface area contributed by atoms with Crippen molar-refractivity contribution in [1.82, 2.24) is 24.7 Å². The third-order valence-electron chi connectivity index (χ3n) is 5.42. The molecule has 0 saturated carbocycles. The van der Waals surface area contributed by atoms with E-state index in [0.717, 1.165) is 58.7 Å². The van der Waals surface area contributed by atoms with Gasteiger partial charge < -0.3 is 10.1 Å². The maximum Gasteiger partial charge on any atom is 0.194 e. The average molecular weight is 406 g/mol. The van der Waals surface area contributed by atoms with E-state index < -0.39 is 0 Å². The van der Waals surface area contributed by atoms with Gasteiger partial charge in [0, 0.05) is 29.8 Å². The van der Waals surface area contributed by atoms with E-state index in [4.69, 9.17) is 14.7 Å². The van der Waals surface area contributed by atoms with E-state index in [-0.39, 0.29) is 0 Å². The highest BCUT2D eigenvalue weighted by atomic mass is 32.1. The Labute approximate surface area is 173 Å². The number of aromatic nitrogens is 4. The predicted molar refractivity (Wildman–Crippen MR) is 115 cm³/mol. The summed E-state index contributed by atoms with van der Waals surface area (Å²) in [6.45, 7) is 2.16. The van der Waals surface area contributed by atoms with Gasteiger partial charge in [0.1, 0.15) is 17.3 Å². The molecule has 0 unspecified atom stereocenters. The molecule has 5 rings (SSSR count). The van der Waals surface area contributed by atoms with Crippen molar-refractivity contribution in [3.05, 3.63) is 53.9 Å². The van der Waals surface area contributed by atoms with Gasteiger partial charge in [-0.3, -0.25) is 4.40 Å². The Bertz CT molecular complexity index is 1130. The molecule has 0 radical (unpaired) electrons. The number of hydrogen-bond acceptors (Lipinski definition) is 6. The van der Waals surface area contributed by atoms with Crippen molar-refractivity contribution in [3.8, 4) is 28.4 Å². The van der Waals surface area contributed by atoms with Crippen molar-refractivity contribution in [2.45, 2.75) is 19.3 Å². The molecule has 7 heteroatoms. The fraction of sp³-hybridized carbons (Fsp3) is 0.318. The number of benzene rings is 1. The number of methoxy groups -OCH3 is 1. The summed E-state index contributed by atoms with van der Waals surface area (Å²) in [7, 11) is 1.68. The van der Waals surface area contributed by atoms with Gasteiger partial charge in [0.05, 0.1) is 18.5 Å². The highest BCUT2D eigenvalue weighted by Crippen LogP contribution is 2.34. The minimum atomic E-state index is 0.600. The number of fused-ring (bicyclic) bond motifs is 1. The number of nitrogens with zero attached hydrogens (tertiary/aromatic N) is 4. The van der Waals surface area contributed by atoms with Crippen LogP contribution in [0.3, 0.4) is 0 Å². The zero-order valence-corrected chi connectivity index (χ0v) is 17.2. The van der Waals surface area contributed by atoms with Crippen molar-refractivity contribution in [2.75, 3.05) is 20.2 Å². The lowest BCUT2D eigenvalue weighted by Gasteiger charge is -2.21. The number of piperidine rings is 1. The Morgan fingerprint density at radius 1 is 1.28 bits per heavy atom. The van der Waals surface area contributed by atoms with E-state index in [1.165, 1.54) is 12.8 Å².